The summed E-state index contributed by atoms with van der Waals surface area (Å²) >= 11 is 0. The molecule has 0 aromatic heterocycles. The highest BCUT2D eigenvalue weighted by atomic mass is 19.1. The molecule has 154 valence electrons. The van der Waals surface area contributed by atoms with Crippen LogP contribution in [0, 0.1) is 21.3 Å². The molecule has 2 aliphatic rings. The molecule has 0 fully saturated rings. The van der Waals surface area contributed by atoms with Crippen molar-refractivity contribution in [2.75, 3.05) is 0 Å². The van der Waals surface area contributed by atoms with Crippen LogP contribution in [-0.4, -0.2) is 10.7 Å². The van der Waals surface area contributed by atoms with E-state index in [4.69, 9.17) is 5.73 Å². The van der Waals surface area contributed by atoms with Gasteiger partial charge >= 0.3 is 0 Å². The van der Waals surface area contributed by atoms with Crippen LogP contribution < -0.4 is 11.1 Å². The van der Waals surface area contributed by atoms with Gasteiger partial charge in [0.25, 0.3) is 5.69 Å². The summed E-state index contributed by atoms with van der Waals surface area (Å²) in [6.45, 7) is 4.07. The van der Waals surface area contributed by atoms with Gasteiger partial charge in [0.2, 0.25) is 0 Å². The fourth-order valence-electron chi connectivity index (χ4n) is 4.38. The fourth-order valence-corrected chi connectivity index (χ4v) is 4.38. The summed E-state index contributed by atoms with van der Waals surface area (Å²) in [5.74, 6) is -0.446. The number of Topliss-reactive ketones (excluding diaryl/α,β-unsaturated/α-hetero) is 1. The number of rotatable bonds is 3. The smallest absolute Gasteiger partial charge is 0.269 e. The third-order valence-electron chi connectivity index (χ3n) is 5.67. The Morgan fingerprint density at radius 3 is 2.30 bits per heavy atom. The zero-order valence-electron chi connectivity index (χ0n) is 16.7. The Morgan fingerprint density at radius 2 is 1.70 bits per heavy atom. The number of dihydropyridines is 1. The van der Waals surface area contributed by atoms with Gasteiger partial charge in [-0.25, -0.2) is 4.39 Å². The van der Waals surface area contributed by atoms with E-state index < -0.39 is 10.8 Å². The third-order valence-corrected chi connectivity index (χ3v) is 5.67. The zero-order valence-corrected chi connectivity index (χ0v) is 16.7. The minimum atomic E-state index is -0.490. The normalized spacial score (nSPS) is 20.6. The first-order valence-electron chi connectivity index (χ1n) is 9.69. The van der Waals surface area contributed by atoms with Crippen LogP contribution >= 0.6 is 0 Å². The molecule has 0 saturated heterocycles. The van der Waals surface area contributed by atoms with E-state index >= 15 is 0 Å². The monoisotopic (exact) mass is 407 g/mol. The molecule has 1 aliphatic heterocycles. The average Bonchev–Trinajstić information content (AvgIpc) is 2.67. The van der Waals surface area contributed by atoms with Gasteiger partial charge in [0.05, 0.1) is 4.92 Å². The number of non-ortho nitro benzene ring substituents is 1. The number of hydrogen-bond donors (Lipinski definition) is 2. The van der Waals surface area contributed by atoms with Crippen LogP contribution in [0.25, 0.3) is 5.57 Å². The van der Waals surface area contributed by atoms with Crippen LogP contribution in [0.2, 0.25) is 0 Å². The highest BCUT2D eigenvalue weighted by Gasteiger charge is 2.41. The number of halogens is 1. The van der Waals surface area contributed by atoms with Crippen LogP contribution in [0.3, 0.4) is 0 Å². The summed E-state index contributed by atoms with van der Waals surface area (Å²) < 4.78 is 13.5. The van der Waals surface area contributed by atoms with Crippen LogP contribution in [0.15, 0.2) is 65.6 Å². The van der Waals surface area contributed by atoms with Crippen LogP contribution in [0.4, 0.5) is 10.1 Å². The SMILES string of the molecule is CC1(C)CC(=O)C2=C(C1)NC(N)=C(c1ccc(F)cc1)C2c1ccc([N+](=O)[O-])cc1. The number of allylic oxidation sites excluding steroid dienone is 3. The van der Waals surface area contributed by atoms with Crippen molar-refractivity contribution >= 4 is 17.0 Å². The number of nitrogens with zero attached hydrogens (tertiary/aromatic N) is 1. The van der Waals surface area contributed by atoms with Gasteiger partial charge in [-0.3, -0.25) is 14.9 Å². The number of nitrogens with two attached hydrogens (primary N) is 1. The maximum absolute atomic E-state index is 13.5. The minimum absolute atomic E-state index is 0.0178. The minimum Gasteiger partial charge on any atom is -0.385 e. The quantitative estimate of drug-likeness (QED) is 0.581. The van der Waals surface area contributed by atoms with E-state index in [1.165, 1.54) is 24.3 Å². The lowest BCUT2D eigenvalue weighted by atomic mass is 9.68. The lowest BCUT2D eigenvalue weighted by Gasteiger charge is -2.40. The van der Waals surface area contributed by atoms with Gasteiger partial charge in [-0.2, -0.15) is 0 Å². The summed E-state index contributed by atoms with van der Waals surface area (Å²) in [6, 6.07) is 12.1. The number of carbonyl (C=O) groups is 1. The second-order valence-corrected chi connectivity index (χ2v) is 8.57. The van der Waals surface area contributed by atoms with E-state index in [-0.39, 0.29) is 22.7 Å². The average molecular weight is 407 g/mol. The highest BCUT2D eigenvalue weighted by molar-refractivity contribution is 6.03. The molecule has 0 radical (unpaired) electrons. The first kappa shape index (κ1) is 19.8. The molecule has 0 amide bonds. The van der Waals surface area contributed by atoms with Crippen molar-refractivity contribution in [2.45, 2.75) is 32.6 Å². The summed E-state index contributed by atoms with van der Waals surface area (Å²) in [6.07, 6.45) is 1.06. The largest absolute Gasteiger partial charge is 0.385 e. The molecule has 1 unspecified atom stereocenters. The number of ketones is 1. The van der Waals surface area contributed by atoms with Crippen LogP contribution in [0.1, 0.15) is 43.7 Å². The lowest BCUT2D eigenvalue weighted by Crippen LogP contribution is -2.39. The molecule has 0 saturated carbocycles. The van der Waals surface area contributed by atoms with Gasteiger partial charge in [0.15, 0.2) is 5.78 Å². The van der Waals surface area contributed by atoms with Crippen molar-refractivity contribution in [2.24, 2.45) is 11.1 Å². The van der Waals surface area contributed by atoms with E-state index in [2.05, 4.69) is 5.32 Å². The summed E-state index contributed by atoms with van der Waals surface area (Å²) in [4.78, 5) is 23.8. The van der Waals surface area contributed by atoms with Crippen molar-refractivity contribution in [3.8, 4) is 0 Å². The van der Waals surface area contributed by atoms with Crippen LogP contribution in [0.5, 0.6) is 0 Å². The summed E-state index contributed by atoms with van der Waals surface area (Å²) in [5.41, 5.74) is 9.67. The van der Waals surface area contributed by atoms with Gasteiger partial charge in [0, 0.05) is 41.3 Å². The van der Waals surface area contributed by atoms with E-state index in [9.17, 15) is 19.3 Å². The molecule has 1 aliphatic carbocycles. The van der Waals surface area contributed by atoms with Crippen molar-refractivity contribution in [3.05, 3.63) is 92.7 Å². The van der Waals surface area contributed by atoms with E-state index in [0.29, 0.717) is 35.4 Å². The Kier molecular flexibility index (Phi) is 4.68. The third kappa shape index (κ3) is 3.47. The number of benzene rings is 2. The molecule has 0 bridgehead atoms. The summed E-state index contributed by atoms with van der Waals surface area (Å²) in [5, 5.41) is 14.3. The van der Waals surface area contributed by atoms with E-state index in [1.54, 1.807) is 24.3 Å². The Morgan fingerprint density at radius 1 is 1.07 bits per heavy atom. The molecular formula is C23H22FN3O3. The maximum Gasteiger partial charge on any atom is 0.269 e. The molecule has 1 heterocycles. The molecule has 4 rings (SSSR count). The van der Waals surface area contributed by atoms with E-state index in [1.807, 2.05) is 13.8 Å². The van der Waals surface area contributed by atoms with Crippen LogP contribution in [-0.2, 0) is 4.79 Å². The highest BCUT2D eigenvalue weighted by Crippen LogP contribution is 2.48. The molecule has 1 atom stereocenters. The number of nitro groups is 1. The van der Waals surface area contributed by atoms with Crippen molar-refractivity contribution in [3.63, 3.8) is 0 Å². The van der Waals surface area contributed by atoms with Gasteiger partial charge < -0.3 is 11.1 Å². The lowest BCUT2D eigenvalue weighted by molar-refractivity contribution is -0.384. The molecule has 2 aromatic carbocycles. The molecule has 2 aromatic rings. The molecule has 7 heteroatoms. The van der Waals surface area contributed by atoms with Crippen molar-refractivity contribution < 1.29 is 14.1 Å². The second kappa shape index (κ2) is 7.09. The molecule has 30 heavy (non-hydrogen) atoms. The standard InChI is InChI=1S/C23H22FN3O3/c1-23(2)11-17-21(18(28)12-23)19(13-5-9-16(10-6-13)27(29)30)20(22(25)26-17)14-3-7-15(24)8-4-14/h3-10,19,26H,11-12,25H2,1-2H3. The number of nitrogens with one attached hydrogen (secondary N) is 1. The van der Waals surface area contributed by atoms with E-state index in [0.717, 1.165) is 11.3 Å². The van der Waals surface area contributed by atoms with Gasteiger partial charge in [-0.15, -0.1) is 0 Å². The van der Waals surface area contributed by atoms with Gasteiger partial charge in [-0.1, -0.05) is 38.1 Å². The Balaban J connectivity index is 1.90. The molecule has 0 spiro atoms. The second-order valence-electron chi connectivity index (χ2n) is 8.57. The zero-order chi connectivity index (χ0) is 21.6. The Hall–Kier alpha value is -3.48. The van der Waals surface area contributed by atoms with Crippen molar-refractivity contribution in [1.82, 2.24) is 5.32 Å². The topological polar surface area (TPSA) is 98.3 Å². The first-order chi connectivity index (χ1) is 14.2. The molecular weight excluding hydrogens is 385 g/mol. The van der Waals surface area contributed by atoms with Gasteiger partial charge in [0.1, 0.15) is 11.6 Å². The van der Waals surface area contributed by atoms with Crippen molar-refractivity contribution in [1.29, 1.82) is 0 Å². The number of hydrogen-bond acceptors (Lipinski definition) is 5. The Bertz CT molecular complexity index is 1100. The Labute approximate surface area is 173 Å². The summed E-state index contributed by atoms with van der Waals surface area (Å²) in [7, 11) is 0. The molecule has 6 nitrogen and oxygen atoms in total. The first-order valence-corrected chi connectivity index (χ1v) is 9.69. The predicted molar refractivity (Wildman–Crippen MR) is 112 cm³/mol. The van der Waals surface area contributed by atoms with Gasteiger partial charge in [-0.05, 0) is 35.1 Å². The fraction of sp³-hybridized carbons (Fsp3) is 0.261. The predicted octanol–water partition coefficient (Wildman–Crippen LogP) is 4.39. The number of carbonyl (C=O) groups excluding carboxylic acids is 1. The maximum atomic E-state index is 13.5. The molecule has 3 N–H and O–H groups in total. The number of nitro benzene ring substituents is 1.